The minimum absolute atomic E-state index is 0.587. The van der Waals surface area contributed by atoms with E-state index < -0.39 is 0 Å². The normalized spacial score (nSPS) is 11.0. The first-order valence-corrected chi connectivity index (χ1v) is 6.26. The van der Waals surface area contributed by atoms with E-state index in [0.29, 0.717) is 17.2 Å². The Morgan fingerprint density at radius 3 is 2.95 bits per heavy atom. The second-order valence-electron chi connectivity index (χ2n) is 4.46. The average Bonchev–Trinajstić information content (AvgIpc) is 3.15. The second kappa shape index (κ2) is 4.37. The summed E-state index contributed by atoms with van der Waals surface area (Å²) in [6.45, 7) is 0. The monoisotopic (exact) mass is 278 g/mol. The summed E-state index contributed by atoms with van der Waals surface area (Å²) >= 11 is 0. The van der Waals surface area contributed by atoms with Crippen LogP contribution in [0.25, 0.3) is 22.9 Å². The standard InChI is InChI=1S/C13H10N8/c14-10-3-1-2-9(8-10)13-15-6-7-20(13)12-5-4-11-16-18-19-21(11)17-12/h1-8H,14H2. The van der Waals surface area contributed by atoms with Crippen LogP contribution in [0.3, 0.4) is 0 Å². The maximum absolute atomic E-state index is 5.83. The minimum Gasteiger partial charge on any atom is -0.399 e. The number of aromatic nitrogens is 7. The van der Waals surface area contributed by atoms with Gasteiger partial charge in [0.25, 0.3) is 0 Å². The van der Waals surface area contributed by atoms with Crippen LogP contribution in [0.4, 0.5) is 5.69 Å². The molecule has 0 saturated carbocycles. The molecule has 8 heteroatoms. The van der Waals surface area contributed by atoms with Gasteiger partial charge in [0.2, 0.25) is 0 Å². The molecule has 21 heavy (non-hydrogen) atoms. The molecule has 102 valence electrons. The summed E-state index contributed by atoms with van der Waals surface area (Å²) in [6, 6.07) is 11.2. The molecule has 4 aromatic rings. The molecule has 0 aliphatic rings. The zero-order valence-corrected chi connectivity index (χ0v) is 10.8. The highest BCUT2D eigenvalue weighted by Crippen LogP contribution is 2.22. The van der Waals surface area contributed by atoms with E-state index in [2.05, 4.69) is 25.6 Å². The summed E-state index contributed by atoms with van der Waals surface area (Å²) in [4.78, 5) is 4.38. The number of hydrogen-bond donors (Lipinski definition) is 1. The zero-order chi connectivity index (χ0) is 14.2. The largest absolute Gasteiger partial charge is 0.399 e. The van der Waals surface area contributed by atoms with Crippen molar-refractivity contribution in [2.75, 3.05) is 5.73 Å². The number of hydrogen-bond acceptors (Lipinski definition) is 6. The summed E-state index contributed by atoms with van der Waals surface area (Å²) in [7, 11) is 0. The lowest BCUT2D eigenvalue weighted by Gasteiger charge is -2.07. The van der Waals surface area contributed by atoms with E-state index in [0.717, 1.165) is 11.4 Å². The van der Waals surface area contributed by atoms with Gasteiger partial charge in [-0.2, -0.15) is 0 Å². The van der Waals surface area contributed by atoms with Gasteiger partial charge in [0, 0.05) is 23.6 Å². The van der Waals surface area contributed by atoms with Crippen LogP contribution in [0.5, 0.6) is 0 Å². The SMILES string of the molecule is Nc1cccc(-c2nccn2-c2ccc3nnnn3n2)c1. The number of imidazole rings is 1. The third-order valence-corrected chi connectivity index (χ3v) is 3.09. The second-order valence-corrected chi connectivity index (χ2v) is 4.46. The Morgan fingerprint density at radius 1 is 1.10 bits per heavy atom. The molecule has 0 radical (unpaired) electrons. The van der Waals surface area contributed by atoms with Crippen molar-refractivity contribution in [1.82, 2.24) is 34.8 Å². The topological polar surface area (TPSA) is 99.8 Å². The lowest BCUT2D eigenvalue weighted by molar-refractivity contribution is 0.718. The first-order chi connectivity index (χ1) is 10.3. The van der Waals surface area contributed by atoms with Gasteiger partial charge in [-0.3, -0.25) is 4.57 Å². The number of rotatable bonds is 2. The smallest absolute Gasteiger partial charge is 0.200 e. The van der Waals surface area contributed by atoms with E-state index in [1.165, 1.54) is 4.63 Å². The molecule has 0 aliphatic carbocycles. The van der Waals surface area contributed by atoms with Crippen LogP contribution in [0.15, 0.2) is 48.8 Å². The summed E-state index contributed by atoms with van der Waals surface area (Å²) in [5.74, 6) is 1.42. The molecule has 4 rings (SSSR count). The van der Waals surface area contributed by atoms with Gasteiger partial charge in [-0.25, -0.2) is 4.98 Å². The molecule has 3 aromatic heterocycles. The highest BCUT2D eigenvalue weighted by atomic mass is 15.6. The van der Waals surface area contributed by atoms with Gasteiger partial charge >= 0.3 is 0 Å². The Kier molecular flexibility index (Phi) is 2.40. The molecule has 0 amide bonds. The molecule has 1 aromatic carbocycles. The molecule has 0 bridgehead atoms. The van der Waals surface area contributed by atoms with Gasteiger partial charge in [0.05, 0.1) is 0 Å². The van der Waals surface area contributed by atoms with E-state index >= 15 is 0 Å². The van der Waals surface area contributed by atoms with Crippen LogP contribution >= 0.6 is 0 Å². The summed E-state index contributed by atoms with van der Waals surface area (Å²) in [5, 5.41) is 15.6. The first-order valence-electron chi connectivity index (χ1n) is 6.26. The number of fused-ring (bicyclic) bond motifs is 1. The molecular formula is C13H10N8. The fourth-order valence-electron chi connectivity index (χ4n) is 2.15. The molecule has 0 aliphatic heterocycles. The van der Waals surface area contributed by atoms with Crippen molar-refractivity contribution in [3.05, 3.63) is 48.8 Å². The van der Waals surface area contributed by atoms with Gasteiger partial charge in [-0.15, -0.1) is 14.8 Å². The molecular weight excluding hydrogens is 268 g/mol. The Hall–Kier alpha value is -3.29. The van der Waals surface area contributed by atoms with Crippen LogP contribution in [0.2, 0.25) is 0 Å². The Bertz CT molecular complexity index is 922. The predicted molar refractivity (Wildman–Crippen MR) is 75.5 cm³/mol. The Labute approximate surface area is 118 Å². The van der Waals surface area contributed by atoms with Gasteiger partial charge < -0.3 is 5.73 Å². The molecule has 0 unspecified atom stereocenters. The molecule has 8 nitrogen and oxygen atoms in total. The summed E-state index contributed by atoms with van der Waals surface area (Å²) in [5.41, 5.74) is 8.02. The minimum atomic E-state index is 0.587. The maximum atomic E-state index is 5.83. The lowest BCUT2D eigenvalue weighted by Crippen LogP contribution is -2.04. The summed E-state index contributed by atoms with van der Waals surface area (Å²) < 4.78 is 3.23. The van der Waals surface area contributed by atoms with Gasteiger partial charge in [-0.1, -0.05) is 12.1 Å². The van der Waals surface area contributed by atoms with Crippen molar-refractivity contribution in [3.63, 3.8) is 0 Å². The maximum Gasteiger partial charge on any atom is 0.200 e. The highest BCUT2D eigenvalue weighted by Gasteiger charge is 2.10. The zero-order valence-electron chi connectivity index (χ0n) is 10.8. The van der Waals surface area contributed by atoms with Gasteiger partial charge in [0.1, 0.15) is 5.82 Å². The quantitative estimate of drug-likeness (QED) is 0.548. The number of tetrazole rings is 1. The van der Waals surface area contributed by atoms with Crippen molar-refractivity contribution in [2.45, 2.75) is 0 Å². The van der Waals surface area contributed by atoms with Crippen LogP contribution in [0.1, 0.15) is 0 Å². The van der Waals surface area contributed by atoms with E-state index in [1.807, 2.05) is 41.1 Å². The number of nitrogen functional groups attached to an aromatic ring is 1. The van der Waals surface area contributed by atoms with Crippen LogP contribution < -0.4 is 5.73 Å². The fraction of sp³-hybridized carbons (Fsp3) is 0. The number of benzene rings is 1. The first kappa shape index (κ1) is 11.5. The molecule has 3 heterocycles. The van der Waals surface area contributed by atoms with E-state index in [9.17, 15) is 0 Å². The van der Waals surface area contributed by atoms with Crippen molar-refractivity contribution in [3.8, 4) is 17.2 Å². The third-order valence-electron chi connectivity index (χ3n) is 3.09. The molecule has 2 N–H and O–H groups in total. The molecule has 0 fully saturated rings. The highest BCUT2D eigenvalue weighted by molar-refractivity contribution is 5.63. The third kappa shape index (κ3) is 1.89. The molecule has 0 spiro atoms. The van der Waals surface area contributed by atoms with Gasteiger partial charge in [-0.05, 0) is 34.7 Å². The fourth-order valence-corrected chi connectivity index (χ4v) is 2.15. The van der Waals surface area contributed by atoms with Crippen molar-refractivity contribution in [1.29, 1.82) is 0 Å². The number of nitrogens with two attached hydrogens (primary N) is 1. The van der Waals surface area contributed by atoms with E-state index in [-0.39, 0.29) is 0 Å². The Balaban J connectivity index is 1.88. The van der Waals surface area contributed by atoms with Crippen molar-refractivity contribution in [2.24, 2.45) is 0 Å². The van der Waals surface area contributed by atoms with E-state index in [4.69, 9.17) is 5.73 Å². The lowest BCUT2D eigenvalue weighted by atomic mass is 10.2. The Morgan fingerprint density at radius 2 is 2.05 bits per heavy atom. The van der Waals surface area contributed by atoms with Crippen LogP contribution in [-0.2, 0) is 0 Å². The summed E-state index contributed by atoms with van der Waals surface area (Å²) in [6.07, 6.45) is 3.54. The van der Waals surface area contributed by atoms with E-state index in [1.54, 1.807) is 12.3 Å². The number of nitrogens with zero attached hydrogens (tertiary/aromatic N) is 7. The average molecular weight is 278 g/mol. The van der Waals surface area contributed by atoms with Crippen LogP contribution in [0, 0.1) is 0 Å². The van der Waals surface area contributed by atoms with Gasteiger partial charge in [0.15, 0.2) is 11.5 Å². The predicted octanol–water partition coefficient (Wildman–Crippen LogP) is 0.954. The molecule has 0 atom stereocenters. The molecule has 0 saturated heterocycles. The van der Waals surface area contributed by atoms with Crippen molar-refractivity contribution >= 4 is 11.3 Å². The number of anilines is 1. The van der Waals surface area contributed by atoms with Crippen LogP contribution in [-0.4, -0.2) is 34.8 Å². The van der Waals surface area contributed by atoms with Crippen molar-refractivity contribution < 1.29 is 0 Å².